The number of para-hydroxylation sites is 1. The number of hydrogen-bond acceptors (Lipinski definition) is 5. The van der Waals surface area contributed by atoms with E-state index >= 15 is 0 Å². The third-order valence-corrected chi connectivity index (χ3v) is 5.28. The third kappa shape index (κ3) is 4.28. The zero-order valence-corrected chi connectivity index (χ0v) is 17.2. The predicted octanol–water partition coefficient (Wildman–Crippen LogP) is 4.51. The summed E-state index contributed by atoms with van der Waals surface area (Å²) in [4.78, 5) is 28.4. The fourth-order valence-electron chi connectivity index (χ4n) is 2.89. The number of nitrogens with one attached hydrogen (secondary N) is 2. The number of nitrogens with zero attached hydrogens (tertiary/aromatic N) is 3. The van der Waals surface area contributed by atoms with Crippen molar-refractivity contribution in [2.24, 2.45) is 0 Å². The van der Waals surface area contributed by atoms with Gasteiger partial charge in [-0.1, -0.05) is 24.3 Å². The SMILES string of the molecule is CC(=O)Nc1cc(NC(=O)c2csc(-c3cnn(-c4ccccc4)c3)n2)ccc1C. The molecule has 30 heavy (non-hydrogen) atoms. The lowest BCUT2D eigenvalue weighted by molar-refractivity contribution is -0.114. The van der Waals surface area contributed by atoms with Gasteiger partial charge in [-0.25, -0.2) is 9.67 Å². The Bertz CT molecular complexity index is 1210. The van der Waals surface area contributed by atoms with E-state index in [0.717, 1.165) is 16.8 Å². The number of benzene rings is 2. The Hall–Kier alpha value is -3.78. The first-order chi connectivity index (χ1) is 14.5. The van der Waals surface area contributed by atoms with Crippen molar-refractivity contribution in [3.63, 3.8) is 0 Å². The molecule has 0 aliphatic rings. The molecule has 2 amide bonds. The summed E-state index contributed by atoms with van der Waals surface area (Å²) in [6.45, 7) is 3.33. The molecule has 4 aromatic rings. The lowest BCUT2D eigenvalue weighted by atomic mass is 10.1. The fourth-order valence-corrected chi connectivity index (χ4v) is 3.66. The monoisotopic (exact) mass is 417 g/mol. The summed E-state index contributed by atoms with van der Waals surface area (Å²) in [6, 6.07) is 15.1. The van der Waals surface area contributed by atoms with Crippen LogP contribution in [0.4, 0.5) is 11.4 Å². The largest absolute Gasteiger partial charge is 0.326 e. The van der Waals surface area contributed by atoms with Gasteiger partial charge in [0, 0.05) is 35.4 Å². The number of thiazole rings is 1. The zero-order valence-electron chi connectivity index (χ0n) is 16.4. The van der Waals surface area contributed by atoms with Gasteiger partial charge in [0.25, 0.3) is 5.91 Å². The van der Waals surface area contributed by atoms with Crippen LogP contribution in [0.1, 0.15) is 23.0 Å². The number of rotatable bonds is 5. The highest BCUT2D eigenvalue weighted by Crippen LogP contribution is 2.25. The van der Waals surface area contributed by atoms with Crippen molar-refractivity contribution in [1.82, 2.24) is 14.8 Å². The number of carbonyl (C=O) groups excluding carboxylic acids is 2. The highest BCUT2D eigenvalue weighted by atomic mass is 32.1. The van der Waals surface area contributed by atoms with Crippen molar-refractivity contribution in [2.45, 2.75) is 13.8 Å². The fraction of sp³-hybridized carbons (Fsp3) is 0.0909. The summed E-state index contributed by atoms with van der Waals surface area (Å²) in [6.07, 6.45) is 3.61. The van der Waals surface area contributed by atoms with Gasteiger partial charge < -0.3 is 10.6 Å². The van der Waals surface area contributed by atoms with E-state index in [9.17, 15) is 9.59 Å². The van der Waals surface area contributed by atoms with Gasteiger partial charge >= 0.3 is 0 Å². The summed E-state index contributed by atoms with van der Waals surface area (Å²) >= 11 is 1.38. The van der Waals surface area contributed by atoms with Crippen molar-refractivity contribution in [1.29, 1.82) is 0 Å². The average Bonchev–Trinajstić information content (AvgIpc) is 3.40. The number of anilines is 2. The standard InChI is InChI=1S/C22H19N5O2S/c1-14-8-9-17(10-19(14)24-15(2)28)25-21(29)20-13-30-22(26-20)16-11-23-27(12-16)18-6-4-3-5-7-18/h3-13H,1-2H3,(H,24,28)(H,25,29). The second kappa shape index (κ2) is 8.30. The van der Waals surface area contributed by atoms with Gasteiger partial charge in [-0.05, 0) is 36.8 Å². The van der Waals surface area contributed by atoms with E-state index < -0.39 is 0 Å². The number of aryl methyl sites for hydroxylation is 1. The molecule has 7 nitrogen and oxygen atoms in total. The Morgan fingerprint density at radius 2 is 1.87 bits per heavy atom. The van der Waals surface area contributed by atoms with Crippen molar-refractivity contribution >= 4 is 34.5 Å². The van der Waals surface area contributed by atoms with Gasteiger partial charge in [0.1, 0.15) is 10.7 Å². The zero-order chi connectivity index (χ0) is 21.1. The van der Waals surface area contributed by atoms with Crippen LogP contribution in [-0.2, 0) is 4.79 Å². The Morgan fingerprint density at radius 1 is 1.07 bits per heavy atom. The normalized spacial score (nSPS) is 10.6. The highest BCUT2D eigenvalue weighted by Gasteiger charge is 2.14. The van der Waals surface area contributed by atoms with Crippen LogP contribution in [0, 0.1) is 6.92 Å². The molecule has 0 unspecified atom stereocenters. The first-order valence-electron chi connectivity index (χ1n) is 9.25. The molecule has 0 radical (unpaired) electrons. The van der Waals surface area contributed by atoms with Gasteiger partial charge in [-0.3, -0.25) is 9.59 Å². The van der Waals surface area contributed by atoms with Crippen molar-refractivity contribution in [2.75, 3.05) is 10.6 Å². The minimum absolute atomic E-state index is 0.165. The quantitative estimate of drug-likeness (QED) is 0.500. The van der Waals surface area contributed by atoms with E-state index in [0.29, 0.717) is 22.1 Å². The third-order valence-electron chi connectivity index (χ3n) is 4.39. The predicted molar refractivity (Wildman–Crippen MR) is 118 cm³/mol. The molecule has 0 aliphatic heterocycles. The van der Waals surface area contributed by atoms with Crippen LogP contribution < -0.4 is 10.6 Å². The van der Waals surface area contributed by atoms with Crippen LogP contribution in [0.3, 0.4) is 0 Å². The Morgan fingerprint density at radius 3 is 2.63 bits per heavy atom. The van der Waals surface area contributed by atoms with Crippen molar-refractivity contribution in [3.05, 3.63) is 77.6 Å². The molecule has 0 spiro atoms. The second-order valence-corrected chi connectivity index (χ2v) is 7.57. The molecule has 2 heterocycles. The van der Waals surface area contributed by atoms with Gasteiger partial charge in [0.15, 0.2) is 0 Å². The maximum atomic E-state index is 12.6. The Kier molecular flexibility index (Phi) is 5.40. The van der Waals surface area contributed by atoms with Crippen molar-refractivity contribution in [3.8, 4) is 16.3 Å². The first kappa shape index (κ1) is 19.5. The van der Waals surface area contributed by atoms with Crippen molar-refractivity contribution < 1.29 is 9.59 Å². The smallest absolute Gasteiger partial charge is 0.275 e. The molecule has 4 rings (SSSR count). The van der Waals surface area contributed by atoms with Gasteiger partial charge in [-0.15, -0.1) is 11.3 Å². The summed E-state index contributed by atoms with van der Waals surface area (Å²) < 4.78 is 1.77. The van der Waals surface area contributed by atoms with Crippen LogP contribution in [0.25, 0.3) is 16.3 Å². The van der Waals surface area contributed by atoms with E-state index in [1.807, 2.05) is 49.5 Å². The van der Waals surface area contributed by atoms with E-state index in [-0.39, 0.29) is 11.8 Å². The molecular formula is C22H19N5O2S. The number of hydrogen-bond donors (Lipinski definition) is 2. The molecule has 8 heteroatoms. The molecule has 0 saturated heterocycles. The Labute approximate surface area is 177 Å². The van der Waals surface area contributed by atoms with Crippen LogP contribution in [0.5, 0.6) is 0 Å². The maximum Gasteiger partial charge on any atom is 0.275 e. The minimum Gasteiger partial charge on any atom is -0.326 e. The van der Waals surface area contributed by atoms with Gasteiger partial charge in [0.05, 0.1) is 11.9 Å². The minimum atomic E-state index is -0.314. The molecule has 2 N–H and O–H groups in total. The molecule has 2 aromatic heterocycles. The summed E-state index contributed by atoms with van der Waals surface area (Å²) in [7, 11) is 0. The number of aromatic nitrogens is 3. The lowest BCUT2D eigenvalue weighted by Gasteiger charge is -2.09. The summed E-state index contributed by atoms with van der Waals surface area (Å²) in [5.74, 6) is -0.479. The first-order valence-corrected chi connectivity index (χ1v) is 10.1. The molecule has 0 bridgehead atoms. The van der Waals surface area contributed by atoms with E-state index in [1.54, 1.807) is 28.4 Å². The molecule has 0 saturated carbocycles. The molecule has 150 valence electrons. The average molecular weight is 417 g/mol. The Balaban J connectivity index is 1.50. The summed E-state index contributed by atoms with van der Waals surface area (Å²) in [5.41, 5.74) is 4.27. The number of carbonyl (C=O) groups is 2. The van der Waals surface area contributed by atoms with Crippen LogP contribution >= 0.6 is 11.3 Å². The molecule has 2 aromatic carbocycles. The van der Waals surface area contributed by atoms with Crippen LogP contribution in [-0.4, -0.2) is 26.6 Å². The molecule has 0 aliphatic carbocycles. The van der Waals surface area contributed by atoms with Crippen LogP contribution in [0.2, 0.25) is 0 Å². The highest BCUT2D eigenvalue weighted by molar-refractivity contribution is 7.13. The molecule has 0 atom stereocenters. The van der Waals surface area contributed by atoms with Gasteiger partial charge in [0.2, 0.25) is 5.91 Å². The second-order valence-electron chi connectivity index (χ2n) is 6.71. The van der Waals surface area contributed by atoms with Crippen LogP contribution in [0.15, 0.2) is 66.3 Å². The number of amides is 2. The molecular weight excluding hydrogens is 398 g/mol. The van der Waals surface area contributed by atoms with E-state index in [1.165, 1.54) is 18.3 Å². The maximum absolute atomic E-state index is 12.6. The van der Waals surface area contributed by atoms with E-state index in [2.05, 4.69) is 20.7 Å². The van der Waals surface area contributed by atoms with E-state index in [4.69, 9.17) is 0 Å². The lowest BCUT2D eigenvalue weighted by Crippen LogP contribution is -2.13. The summed E-state index contributed by atoms with van der Waals surface area (Å²) in [5, 5.41) is 12.4. The topological polar surface area (TPSA) is 88.9 Å². The molecule has 0 fully saturated rings. The van der Waals surface area contributed by atoms with Gasteiger partial charge in [-0.2, -0.15) is 5.10 Å².